The quantitative estimate of drug-likeness (QED) is 0.800. The molecule has 1 aromatic carbocycles. The number of ether oxygens (including phenoxy) is 1. The lowest BCUT2D eigenvalue weighted by molar-refractivity contribution is 0.0154. The molecule has 3 rings (SSSR count). The van der Waals surface area contributed by atoms with E-state index in [1.807, 2.05) is 11.0 Å². The van der Waals surface area contributed by atoms with Crippen molar-refractivity contribution in [1.82, 2.24) is 4.90 Å². The highest BCUT2D eigenvalue weighted by Gasteiger charge is 2.24. The van der Waals surface area contributed by atoms with E-state index >= 15 is 0 Å². The van der Waals surface area contributed by atoms with Crippen molar-refractivity contribution < 1.29 is 9.53 Å². The summed E-state index contributed by atoms with van der Waals surface area (Å²) in [5.41, 5.74) is 3.62. The van der Waals surface area contributed by atoms with Crippen LogP contribution in [-0.2, 0) is 17.6 Å². The van der Waals surface area contributed by atoms with Crippen molar-refractivity contribution in [2.24, 2.45) is 0 Å². The van der Waals surface area contributed by atoms with Crippen LogP contribution >= 0.6 is 11.6 Å². The molecule has 1 saturated heterocycles. The van der Waals surface area contributed by atoms with Crippen molar-refractivity contribution in [2.75, 3.05) is 25.6 Å². The molecule has 4 heteroatoms. The summed E-state index contributed by atoms with van der Waals surface area (Å²) in [5, 5.41) is 0. The maximum atomic E-state index is 12.6. The molecular weight excluding hydrogens is 286 g/mol. The minimum atomic E-state index is 0.167. The largest absolute Gasteiger partial charge is 0.377 e. The third-order valence-corrected chi connectivity index (χ3v) is 4.66. The van der Waals surface area contributed by atoms with Crippen molar-refractivity contribution in [1.29, 1.82) is 0 Å². The lowest BCUT2D eigenvalue weighted by atomic mass is 10.0. The lowest BCUT2D eigenvalue weighted by Crippen LogP contribution is -2.41. The Labute approximate surface area is 131 Å². The SMILES string of the molecule is O=C(c1ccc2c(c1)CCC2)N1CCC(OCCCl)CC1. The van der Waals surface area contributed by atoms with Gasteiger partial charge in [0.15, 0.2) is 0 Å². The van der Waals surface area contributed by atoms with E-state index in [2.05, 4.69) is 12.1 Å². The van der Waals surface area contributed by atoms with Crippen molar-refractivity contribution in [2.45, 2.75) is 38.2 Å². The van der Waals surface area contributed by atoms with Gasteiger partial charge in [-0.15, -0.1) is 11.6 Å². The van der Waals surface area contributed by atoms with E-state index < -0.39 is 0 Å². The van der Waals surface area contributed by atoms with Gasteiger partial charge < -0.3 is 9.64 Å². The molecule has 21 heavy (non-hydrogen) atoms. The number of carbonyl (C=O) groups excluding carboxylic acids is 1. The summed E-state index contributed by atoms with van der Waals surface area (Å²) in [7, 11) is 0. The van der Waals surface area contributed by atoms with Crippen LogP contribution in [0.1, 0.15) is 40.7 Å². The molecule has 1 aliphatic carbocycles. The predicted molar refractivity (Wildman–Crippen MR) is 84.1 cm³/mol. The number of amides is 1. The van der Waals surface area contributed by atoms with Crippen LogP contribution in [0.5, 0.6) is 0 Å². The molecule has 2 aliphatic rings. The van der Waals surface area contributed by atoms with Crippen LogP contribution in [0.25, 0.3) is 0 Å². The van der Waals surface area contributed by atoms with Gasteiger partial charge in [-0.2, -0.15) is 0 Å². The molecule has 0 bridgehead atoms. The summed E-state index contributed by atoms with van der Waals surface area (Å²) in [6.07, 6.45) is 5.57. The van der Waals surface area contributed by atoms with E-state index in [1.54, 1.807) is 0 Å². The van der Waals surface area contributed by atoms with Crippen LogP contribution in [0, 0.1) is 0 Å². The first-order valence-electron chi connectivity index (χ1n) is 7.86. The molecule has 114 valence electrons. The number of fused-ring (bicyclic) bond motifs is 1. The molecule has 0 radical (unpaired) electrons. The van der Waals surface area contributed by atoms with E-state index in [9.17, 15) is 4.79 Å². The second-order valence-corrected chi connectivity index (χ2v) is 6.27. The zero-order valence-corrected chi connectivity index (χ0v) is 13.1. The van der Waals surface area contributed by atoms with Crippen LogP contribution in [0.2, 0.25) is 0 Å². The highest BCUT2D eigenvalue weighted by atomic mass is 35.5. The Morgan fingerprint density at radius 3 is 2.76 bits per heavy atom. The molecular formula is C17H22ClNO2. The van der Waals surface area contributed by atoms with Crippen LogP contribution in [0.4, 0.5) is 0 Å². The number of benzene rings is 1. The average molecular weight is 308 g/mol. The van der Waals surface area contributed by atoms with Gasteiger partial charge in [-0.25, -0.2) is 0 Å². The number of nitrogens with zero attached hydrogens (tertiary/aromatic N) is 1. The van der Waals surface area contributed by atoms with Crippen LogP contribution in [0.3, 0.4) is 0 Å². The Kier molecular flexibility index (Phi) is 4.81. The number of halogens is 1. The van der Waals surface area contributed by atoms with E-state index in [-0.39, 0.29) is 12.0 Å². The van der Waals surface area contributed by atoms with E-state index in [0.717, 1.165) is 44.3 Å². The minimum Gasteiger partial charge on any atom is -0.377 e. The van der Waals surface area contributed by atoms with Crippen LogP contribution < -0.4 is 0 Å². The first-order chi connectivity index (χ1) is 10.3. The summed E-state index contributed by atoms with van der Waals surface area (Å²) in [5.74, 6) is 0.703. The standard InChI is InChI=1S/C17H22ClNO2/c18-8-11-21-16-6-9-19(10-7-16)17(20)15-5-4-13-2-1-3-14(13)12-15/h4-5,12,16H,1-3,6-11H2. The van der Waals surface area contributed by atoms with Crippen molar-refractivity contribution >= 4 is 17.5 Å². The van der Waals surface area contributed by atoms with Gasteiger partial charge in [-0.1, -0.05) is 6.07 Å². The molecule has 3 nitrogen and oxygen atoms in total. The van der Waals surface area contributed by atoms with Gasteiger partial charge in [0.2, 0.25) is 0 Å². The topological polar surface area (TPSA) is 29.5 Å². The Balaban J connectivity index is 1.59. The highest BCUT2D eigenvalue weighted by molar-refractivity contribution is 6.17. The van der Waals surface area contributed by atoms with Gasteiger partial charge in [-0.3, -0.25) is 4.79 Å². The third kappa shape index (κ3) is 3.41. The minimum absolute atomic E-state index is 0.167. The molecule has 0 unspecified atom stereocenters. The molecule has 1 amide bonds. The van der Waals surface area contributed by atoms with Gasteiger partial charge in [0, 0.05) is 24.5 Å². The smallest absolute Gasteiger partial charge is 0.253 e. The maximum Gasteiger partial charge on any atom is 0.253 e. The second kappa shape index (κ2) is 6.80. The summed E-state index contributed by atoms with van der Waals surface area (Å²) in [4.78, 5) is 14.5. The molecule has 1 aliphatic heterocycles. The molecule has 0 aromatic heterocycles. The zero-order chi connectivity index (χ0) is 14.7. The van der Waals surface area contributed by atoms with Gasteiger partial charge >= 0.3 is 0 Å². The normalized spacial score (nSPS) is 18.8. The third-order valence-electron chi connectivity index (χ3n) is 4.51. The van der Waals surface area contributed by atoms with E-state index in [4.69, 9.17) is 16.3 Å². The Morgan fingerprint density at radius 1 is 1.24 bits per heavy atom. The average Bonchev–Trinajstić information content (AvgIpc) is 3.00. The molecule has 0 N–H and O–H groups in total. The van der Waals surface area contributed by atoms with Crippen LogP contribution in [0.15, 0.2) is 18.2 Å². The lowest BCUT2D eigenvalue weighted by Gasteiger charge is -2.32. The molecule has 0 spiro atoms. The van der Waals surface area contributed by atoms with Gasteiger partial charge in [0.1, 0.15) is 0 Å². The maximum absolute atomic E-state index is 12.6. The Bertz CT molecular complexity index is 510. The number of rotatable bonds is 4. The molecule has 1 heterocycles. The summed E-state index contributed by atoms with van der Waals surface area (Å²) in [6.45, 7) is 2.16. The van der Waals surface area contributed by atoms with Gasteiger partial charge in [0.05, 0.1) is 12.7 Å². The fourth-order valence-corrected chi connectivity index (χ4v) is 3.41. The number of piperidine rings is 1. The molecule has 0 atom stereocenters. The van der Waals surface area contributed by atoms with Gasteiger partial charge in [-0.05, 0) is 55.4 Å². The van der Waals surface area contributed by atoms with Crippen molar-refractivity contribution in [3.63, 3.8) is 0 Å². The first kappa shape index (κ1) is 14.9. The van der Waals surface area contributed by atoms with E-state index in [0.29, 0.717) is 12.5 Å². The van der Waals surface area contributed by atoms with Gasteiger partial charge in [0.25, 0.3) is 5.91 Å². The fraction of sp³-hybridized carbons (Fsp3) is 0.588. The molecule has 0 saturated carbocycles. The number of hydrogen-bond donors (Lipinski definition) is 0. The monoisotopic (exact) mass is 307 g/mol. The second-order valence-electron chi connectivity index (χ2n) is 5.89. The molecule has 1 aromatic rings. The number of carbonyl (C=O) groups is 1. The number of likely N-dealkylation sites (tertiary alicyclic amines) is 1. The zero-order valence-electron chi connectivity index (χ0n) is 12.3. The van der Waals surface area contributed by atoms with Crippen molar-refractivity contribution in [3.05, 3.63) is 34.9 Å². The number of alkyl halides is 1. The highest BCUT2D eigenvalue weighted by Crippen LogP contribution is 2.24. The summed E-state index contributed by atoms with van der Waals surface area (Å²) >= 11 is 5.64. The van der Waals surface area contributed by atoms with Crippen LogP contribution in [-0.4, -0.2) is 42.5 Å². The number of hydrogen-bond acceptors (Lipinski definition) is 2. The Morgan fingerprint density at radius 2 is 2.00 bits per heavy atom. The number of aryl methyl sites for hydroxylation is 2. The molecule has 1 fully saturated rings. The Hall–Kier alpha value is -1.06. The predicted octanol–water partition coefficient (Wildman–Crippen LogP) is 3.04. The summed E-state index contributed by atoms with van der Waals surface area (Å²) in [6, 6.07) is 6.22. The fourth-order valence-electron chi connectivity index (χ4n) is 3.32. The van der Waals surface area contributed by atoms with E-state index in [1.165, 1.54) is 17.5 Å². The first-order valence-corrected chi connectivity index (χ1v) is 8.40. The van der Waals surface area contributed by atoms with Crippen molar-refractivity contribution in [3.8, 4) is 0 Å². The summed E-state index contributed by atoms with van der Waals surface area (Å²) < 4.78 is 5.66.